The zero-order chi connectivity index (χ0) is 24.9. The van der Waals surface area contributed by atoms with E-state index in [1.807, 2.05) is 47.2 Å². The summed E-state index contributed by atoms with van der Waals surface area (Å²) in [4.78, 5) is 13.1. The third kappa shape index (κ3) is 5.17. The van der Waals surface area contributed by atoms with Gasteiger partial charge < -0.3 is 18.9 Å². The first kappa shape index (κ1) is 24.4. The van der Waals surface area contributed by atoms with E-state index < -0.39 is 0 Å². The second kappa shape index (κ2) is 10.7. The third-order valence-electron chi connectivity index (χ3n) is 5.95. The highest BCUT2D eigenvalue weighted by atomic mass is 35.5. The summed E-state index contributed by atoms with van der Waals surface area (Å²) in [6.07, 6.45) is 2.49. The topological polar surface area (TPSA) is 57.9 Å². The normalized spacial score (nSPS) is 10.8. The van der Waals surface area contributed by atoms with Gasteiger partial charge in [-0.05, 0) is 59.5 Å². The predicted molar refractivity (Wildman–Crippen MR) is 135 cm³/mol. The highest BCUT2D eigenvalue weighted by Gasteiger charge is 2.22. The Hall–Kier alpha value is -3.77. The first-order chi connectivity index (χ1) is 17.0. The van der Waals surface area contributed by atoms with Gasteiger partial charge >= 0.3 is 0 Å². The summed E-state index contributed by atoms with van der Waals surface area (Å²) in [5.41, 5.74) is 2.57. The number of nitrogens with zero attached hydrogens (tertiary/aromatic N) is 1. The number of halogens is 1. The minimum Gasteiger partial charge on any atom is -0.493 e. The summed E-state index contributed by atoms with van der Waals surface area (Å²) in [7, 11) is 6.45. The Bertz CT molecular complexity index is 1370. The molecule has 0 spiro atoms. The number of ether oxygens (including phenoxy) is 4. The molecule has 0 bridgehead atoms. The molecule has 1 heterocycles. The van der Waals surface area contributed by atoms with Crippen LogP contribution in [0.4, 0.5) is 0 Å². The highest BCUT2D eigenvalue weighted by Crippen LogP contribution is 2.34. The maximum absolute atomic E-state index is 13.1. The summed E-state index contributed by atoms with van der Waals surface area (Å²) < 4.78 is 23.9. The molecule has 0 radical (unpaired) electrons. The van der Waals surface area contributed by atoms with E-state index in [4.69, 9.17) is 30.5 Å². The van der Waals surface area contributed by atoms with E-state index in [2.05, 4.69) is 0 Å². The highest BCUT2D eigenvalue weighted by molar-refractivity contribution is 6.30. The number of carbonyl (C=O) groups is 1. The van der Waals surface area contributed by atoms with E-state index in [0.29, 0.717) is 40.0 Å². The van der Waals surface area contributed by atoms with Crippen LogP contribution in [-0.2, 0) is 13.0 Å². The predicted octanol–water partition coefficient (Wildman–Crippen LogP) is 5.29. The maximum atomic E-state index is 13.1. The van der Waals surface area contributed by atoms with Crippen molar-refractivity contribution in [2.75, 3.05) is 28.4 Å². The number of aromatic nitrogens is 1. The van der Waals surface area contributed by atoms with Crippen molar-refractivity contribution in [3.05, 3.63) is 88.7 Å². The van der Waals surface area contributed by atoms with Gasteiger partial charge in [-0.3, -0.25) is 4.79 Å². The van der Waals surface area contributed by atoms with Crippen LogP contribution in [0.2, 0.25) is 5.02 Å². The number of Topliss-reactive ketones (excluding diaryl/α,β-unsaturated/α-hetero) is 1. The van der Waals surface area contributed by atoms with Crippen molar-refractivity contribution in [1.82, 2.24) is 0 Å². The molecular weight excluding hydrogens is 466 g/mol. The zero-order valence-electron chi connectivity index (χ0n) is 20.1. The standard InChI is InChI=1S/C28H27ClNO5/c1-32-25-10-5-18(14-26(25)33-2)13-23-22-16-28(35-4)27(34-3)15-20(22)11-12-30(23)17-24(31)19-6-8-21(29)9-7-19/h5-12,14-16H,13,17H2,1-4H3/q+1. The molecule has 0 aliphatic carbocycles. The van der Waals surface area contributed by atoms with Gasteiger partial charge in [-0.15, -0.1) is 0 Å². The van der Waals surface area contributed by atoms with E-state index >= 15 is 0 Å². The fraction of sp³-hybridized carbons (Fsp3) is 0.214. The van der Waals surface area contributed by atoms with Gasteiger partial charge in [-0.2, -0.15) is 4.57 Å². The Kier molecular flexibility index (Phi) is 7.42. The number of hydrogen-bond donors (Lipinski definition) is 0. The van der Waals surface area contributed by atoms with Crippen LogP contribution < -0.4 is 23.5 Å². The van der Waals surface area contributed by atoms with E-state index in [9.17, 15) is 4.79 Å². The van der Waals surface area contributed by atoms with Gasteiger partial charge in [0.25, 0.3) is 0 Å². The maximum Gasteiger partial charge on any atom is 0.227 e. The lowest BCUT2D eigenvalue weighted by Gasteiger charge is -2.13. The van der Waals surface area contributed by atoms with Gasteiger partial charge in [0.05, 0.1) is 40.2 Å². The van der Waals surface area contributed by atoms with Crippen molar-refractivity contribution in [1.29, 1.82) is 0 Å². The molecule has 0 N–H and O–H groups in total. The van der Waals surface area contributed by atoms with Crippen molar-refractivity contribution < 1.29 is 28.3 Å². The number of carbonyl (C=O) groups excluding carboxylic acids is 1. The molecule has 35 heavy (non-hydrogen) atoms. The molecule has 6 nitrogen and oxygen atoms in total. The Balaban J connectivity index is 1.83. The fourth-order valence-corrected chi connectivity index (χ4v) is 4.23. The average molecular weight is 493 g/mol. The Morgan fingerprint density at radius 1 is 0.771 bits per heavy atom. The SMILES string of the molecule is COc1ccc(Cc2c3cc(OC)c(OC)cc3cc[n+]2CC(=O)c2ccc(Cl)cc2)cc1OC. The second-order valence-electron chi connectivity index (χ2n) is 7.98. The lowest BCUT2D eigenvalue weighted by Crippen LogP contribution is -2.42. The molecule has 4 aromatic rings. The van der Waals surface area contributed by atoms with Gasteiger partial charge in [0, 0.05) is 16.7 Å². The number of hydrogen-bond acceptors (Lipinski definition) is 5. The monoisotopic (exact) mass is 492 g/mol. The molecule has 3 aromatic carbocycles. The first-order valence-corrected chi connectivity index (χ1v) is 11.4. The summed E-state index contributed by atoms with van der Waals surface area (Å²) in [6.45, 7) is 0.175. The summed E-state index contributed by atoms with van der Waals surface area (Å²) in [6, 6.07) is 18.6. The van der Waals surface area contributed by atoms with Gasteiger partial charge in [-0.1, -0.05) is 17.7 Å². The molecule has 180 valence electrons. The summed E-state index contributed by atoms with van der Waals surface area (Å²) in [5.74, 6) is 2.56. The van der Waals surface area contributed by atoms with Crippen LogP contribution in [0.15, 0.2) is 66.9 Å². The number of pyridine rings is 1. The lowest BCUT2D eigenvalue weighted by molar-refractivity contribution is -0.688. The van der Waals surface area contributed by atoms with Crippen molar-refractivity contribution in [3.63, 3.8) is 0 Å². The number of methoxy groups -OCH3 is 4. The number of benzene rings is 3. The molecule has 0 aliphatic rings. The van der Waals surface area contributed by atoms with Crippen LogP contribution in [0.1, 0.15) is 21.6 Å². The van der Waals surface area contributed by atoms with Gasteiger partial charge in [0.15, 0.2) is 34.9 Å². The van der Waals surface area contributed by atoms with E-state index in [0.717, 1.165) is 22.0 Å². The van der Waals surface area contributed by atoms with Crippen molar-refractivity contribution in [3.8, 4) is 23.0 Å². The molecule has 0 unspecified atom stereocenters. The lowest BCUT2D eigenvalue weighted by atomic mass is 10.0. The fourth-order valence-electron chi connectivity index (χ4n) is 4.11. The largest absolute Gasteiger partial charge is 0.493 e. The minimum absolute atomic E-state index is 0.0138. The molecule has 1 aromatic heterocycles. The average Bonchev–Trinajstić information content (AvgIpc) is 2.89. The van der Waals surface area contributed by atoms with Crippen molar-refractivity contribution in [2.24, 2.45) is 0 Å². The second-order valence-corrected chi connectivity index (χ2v) is 8.42. The Morgan fingerprint density at radius 2 is 1.40 bits per heavy atom. The number of ketones is 1. The quantitative estimate of drug-likeness (QED) is 0.235. The summed E-state index contributed by atoms with van der Waals surface area (Å²) in [5, 5.41) is 2.53. The molecular formula is C28H27ClNO5+. The Labute approximate surface area is 209 Å². The molecule has 4 rings (SSSR count). The van der Waals surface area contributed by atoms with Crippen LogP contribution in [0.3, 0.4) is 0 Å². The van der Waals surface area contributed by atoms with Crippen LogP contribution in [0.25, 0.3) is 10.8 Å². The van der Waals surface area contributed by atoms with E-state index in [1.54, 1.807) is 52.7 Å². The van der Waals surface area contributed by atoms with E-state index in [-0.39, 0.29) is 12.3 Å². The molecule has 0 atom stereocenters. The third-order valence-corrected chi connectivity index (χ3v) is 6.20. The van der Waals surface area contributed by atoms with Crippen LogP contribution >= 0.6 is 11.6 Å². The number of rotatable bonds is 9. The molecule has 0 amide bonds. The van der Waals surface area contributed by atoms with E-state index in [1.165, 1.54) is 0 Å². The van der Waals surface area contributed by atoms with Crippen molar-refractivity contribution >= 4 is 28.2 Å². The summed E-state index contributed by atoms with van der Waals surface area (Å²) >= 11 is 6.00. The van der Waals surface area contributed by atoms with Crippen molar-refractivity contribution in [2.45, 2.75) is 13.0 Å². The first-order valence-electron chi connectivity index (χ1n) is 11.0. The van der Waals surface area contributed by atoms with Gasteiger partial charge in [0.2, 0.25) is 12.3 Å². The zero-order valence-corrected chi connectivity index (χ0v) is 20.9. The smallest absolute Gasteiger partial charge is 0.227 e. The molecule has 0 saturated heterocycles. The molecule has 7 heteroatoms. The van der Waals surface area contributed by atoms with Crippen LogP contribution in [0, 0.1) is 0 Å². The Morgan fingerprint density at radius 3 is 2.06 bits per heavy atom. The van der Waals surface area contributed by atoms with Gasteiger partial charge in [-0.25, -0.2) is 0 Å². The van der Waals surface area contributed by atoms with Gasteiger partial charge in [0.1, 0.15) is 0 Å². The molecule has 0 saturated carbocycles. The molecule has 0 fully saturated rings. The number of fused-ring (bicyclic) bond motifs is 1. The molecule has 0 aliphatic heterocycles. The van der Waals surface area contributed by atoms with Crippen LogP contribution in [-0.4, -0.2) is 34.2 Å². The van der Waals surface area contributed by atoms with Crippen LogP contribution in [0.5, 0.6) is 23.0 Å². The minimum atomic E-state index is -0.0138.